The van der Waals surface area contributed by atoms with Gasteiger partial charge in [-0.2, -0.15) is 0 Å². The van der Waals surface area contributed by atoms with E-state index in [2.05, 4.69) is 28.7 Å². The smallest absolute Gasteiger partial charge is 0.257 e. The molecule has 25 heavy (non-hydrogen) atoms. The number of methoxy groups -OCH3 is 1. The Labute approximate surface area is 148 Å². The Balaban J connectivity index is 1.73. The molecule has 1 aliphatic heterocycles. The predicted octanol–water partition coefficient (Wildman–Crippen LogP) is 2.57. The summed E-state index contributed by atoms with van der Waals surface area (Å²) in [5.41, 5.74) is 1.78. The second-order valence-corrected chi connectivity index (χ2v) is 6.44. The van der Waals surface area contributed by atoms with Gasteiger partial charge in [-0.15, -0.1) is 0 Å². The maximum atomic E-state index is 13.0. The van der Waals surface area contributed by atoms with Gasteiger partial charge in [0.15, 0.2) is 0 Å². The van der Waals surface area contributed by atoms with Gasteiger partial charge in [0.05, 0.1) is 12.7 Å². The highest BCUT2D eigenvalue weighted by atomic mass is 16.5. The molecule has 3 rings (SSSR count). The zero-order valence-electron chi connectivity index (χ0n) is 15.0. The van der Waals surface area contributed by atoms with Gasteiger partial charge in [-0.1, -0.05) is 19.9 Å². The second-order valence-electron chi connectivity index (χ2n) is 6.44. The van der Waals surface area contributed by atoms with Crippen LogP contribution >= 0.6 is 0 Å². The topological polar surface area (TPSA) is 58.6 Å². The predicted molar refractivity (Wildman–Crippen MR) is 97.2 cm³/mol. The molecule has 2 aromatic rings. The average molecular weight is 340 g/mol. The molecular weight excluding hydrogens is 316 g/mol. The van der Waals surface area contributed by atoms with E-state index in [0.29, 0.717) is 36.3 Å². The number of rotatable bonds is 4. The number of piperazine rings is 1. The van der Waals surface area contributed by atoms with Crippen LogP contribution in [0.2, 0.25) is 0 Å². The van der Waals surface area contributed by atoms with Crippen LogP contribution in [0.15, 0.2) is 36.7 Å². The molecule has 6 nitrogen and oxygen atoms in total. The molecule has 0 radical (unpaired) electrons. The largest absolute Gasteiger partial charge is 0.496 e. The summed E-state index contributed by atoms with van der Waals surface area (Å²) in [5.74, 6) is 1.73. The Kier molecular flexibility index (Phi) is 5.16. The van der Waals surface area contributed by atoms with Gasteiger partial charge in [0.2, 0.25) is 5.95 Å². The van der Waals surface area contributed by atoms with Crippen LogP contribution in [0, 0.1) is 0 Å². The van der Waals surface area contributed by atoms with Gasteiger partial charge in [-0.25, -0.2) is 9.97 Å². The van der Waals surface area contributed by atoms with E-state index in [1.54, 1.807) is 25.6 Å². The first-order chi connectivity index (χ1) is 12.1. The number of hydrogen-bond donors (Lipinski definition) is 0. The molecule has 0 spiro atoms. The summed E-state index contributed by atoms with van der Waals surface area (Å²) in [6, 6.07) is 7.66. The number of carbonyl (C=O) groups is 1. The molecule has 0 unspecified atom stereocenters. The Hall–Kier alpha value is -2.63. The summed E-state index contributed by atoms with van der Waals surface area (Å²) < 4.78 is 5.40. The average Bonchev–Trinajstić information content (AvgIpc) is 2.67. The van der Waals surface area contributed by atoms with Gasteiger partial charge in [-0.3, -0.25) is 4.79 Å². The lowest BCUT2D eigenvalue weighted by molar-refractivity contribution is 0.0742. The van der Waals surface area contributed by atoms with Crippen LogP contribution in [0.4, 0.5) is 5.95 Å². The van der Waals surface area contributed by atoms with E-state index in [0.717, 1.165) is 18.7 Å². The van der Waals surface area contributed by atoms with Crippen molar-refractivity contribution in [3.8, 4) is 5.75 Å². The molecular formula is C19H24N4O2. The maximum Gasteiger partial charge on any atom is 0.257 e. The van der Waals surface area contributed by atoms with Gasteiger partial charge >= 0.3 is 0 Å². The van der Waals surface area contributed by atoms with Crippen molar-refractivity contribution in [1.29, 1.82) is 0 Å². The normalized spacial score (nSPS) is 14.7. The quantitative estimate of drug-likeness (QED) is 0.856. The van der Waals surface area contributed by atoms with Crippen LogP contribution in [0.5, 0.6) is 5.75 Å². The summed E-state index contributed by atoms with van der Waals surface area (Å²) in [6.07, 6.45) is 3.48. The third kappa shape index (κ3) is 3.73. The highest BCUT2D eigenvalue weighted by Gasteiger charge is 2.25. The first-order valence-electron chi connectivity index (χ1n) is 8.59. The number of hydrogen-bond acceptors (Lipinski definition) is 5. The summed E-state index contributed by atoms with van der Waals surface area (Å²) in [7, 11) is 1.60. The fourth-order valence-corrected chi connectivity index (χ4v) is 2.99. The van der Waals surface area contributed by atoms with Gasteiger partial charge in [0.25, 0.3) is 5.91 Å². The minimum atomic E-state index is 0.0213. The summed E-state index contributed by atoms with van der Waals surface area (Å²) in [4.78, 5) is 25.5. The van der Waals surface area contributed by atoms with Crippen LogP contribution in [0.1, 0.15) is 35.7 Å². The molecule has 6 heteroatoms. The number of anilines is 1. The van der Waals surface area contributed by atoms with Crippen molar-refractivity contribution < 1.29 is 9.53 Å². The number of carbonyl (C=O) groups excluding carboxylic acids is 1. The lowest BCUT2D eigenvalue weighted by Crippen LogP contribution is -2.49. The first-order valence-corrected chi connectivity index (χ1v) is 8.59. The third-order valence-electron chi connectivity index (χ3n) is 4.52. The number of nitrogens with zero attached hydrogens (tertiary/aromatic N) is 4. The fraction of sp³-hybridized carbons (Fsp3) is 0.421. The standard InChI is InChI=1S/C19H24N4O2/c1-14(2)15-5-6-17(25-3)16(13-15)18(24)22-9-11-23(12-10-22)19-20-7-4-8-21-19/h4-8,13-14H,9-12H2,1-3H3. The molecule has 0 saturated carbocycles. The highest BCUT2D eigenvalue weighted by molar-refractivity contribution is 5.97. The zero-order valence-corrected chi connectivity index (χ0v) is 15.0. The Morgan fingerprint density at radius 3 is 2.40 bits per heavy atom. The van der Waals surface area contributed by atoms with Crippen molar-refractivity contribution in [2.75, 3.05) is 38.2 Å². The van der Waals surface area contributed by atoms with E-state index in [4.69, 9.17) is 4.74 Å². The molecule has 0 bridgehead atoms. The van der Waals surface area contributed by atoms with Crippen molar-refractivity contribution in [3.05, 3.63) is 47.8 Å². The number of aromatic nitrogens is 2. The molecule has 132 valence electrons. The molecule has 2 heterocycles. The van der Waals surface area contributed by atoms with Gasteiger partial charge in [0, 0.05) is 38.6 Å². The van der Waals surface area contributed by atoms with Crippen LogP contribution in [-0.4, -0.2) is 54.1 Å². The number of benzene rings is 1. The van der Waals surface area contributed by atoms with E-state index < -0.39 is 0 Å². The van der Waals surface area contributed by atoms with E-state index in [1.165, 1.54) is 0 Å². The molecule has 0 N–H and O–H groups in total. The van der Waals surface area contributed by atoms with E-state index in [-0.39, 0.29) is 5.91 Å². The van der Waals surface area contributed by atoms with Crippen LogP contribution in [0.3, 0.4) is 0 Å². The van der Waals surface area contributed by atoms with E-state index >= 15 is 0 Å². The molecule has 1 fully saturated rings. The minimum Gasteiger partial charge on any atom is -0.496 e. The Morgan fingerprint density at radius 2 is 1.80 bits per heavy atom. The first kappa shape index (κ1) is 17.2. The Bertz CT molecular complexity index is 725. The van der Waals surface area contributed by atoms with Crippen molar-refractivity contribution in [2.45, 2.75) is 19.8 Å². The SMILES string of the molecule is COc1ccc(C(C)C)cc1C(=O)N1CCN(c2ncccn2)CC1. The van der Waals surface area contributed by atoms with Crippen LogP contribution in [0.25, 0.3) is 0 Å². The summed E-state index contributed by atoms with van der Waals surface area (Å²) in [5, 5.41) is 0. The van der Waals surface area contributed by atoms with Crippen molar-refractivity contribution in [3.63, 3.8) is 0 Å². The second kappa shape index (κ2) is 7.51. The van der Waals surface area contributed by atoms with Gasteiger partial charge in [0.1, 0.15) is 5.75 Å². The summed E-state index contributed by atoms with van der Waals surface area (Å²) >= 11 is 0. The van der Waals surface area contributed by atoms with Crippen molar-refractivity contribution in [1.82, 2.24) is 14.9 Å². The molecule has 1 aromatic carbocycles. The molecule has 1 saturated heterocycles. The van der Waals surface area contributed by atoms with Crippen molar-refractivity contribution >= 4 is 11.9 Å². The van der Waals surface area contributed by atoms with Crippen molar-refractivity contribution in [2.24, 2.45) is 0 Å². The van der Waals surface area contributed by atoms with Gasteiger partial charge < -0.3 is 14.5 Å². The molecule has 0 atom stereocenters. The zero-order chi connectivity index (χ0) is 17.8. The van der Waals surface area contributed by atoms with Crippen LogP contribution in [-0.2, 0) is 0 Å². The Morgan fingerprint density at radius 1 is 1.12 bits per heavy atom. The maximum absolute atomic E-state index is 13.0. The summed E-state index contributed by atoms with van der Waals surface area (Å²) in [6.45, 7) is 6.98. The van der Waals surface area contributed by atoms with Crippen LogP contribution < -0.4 is 9.64 Å². The minimum absolute atomic E-state index is 0.0213. The lowest BCUT2D eigenvalue weighted by atomic mass is 9.99. The molecule has 1 amide bonds. The number of ether oxygens (including phenoxy) is 1. The molecule has 1 aromatic heterocycles. The number of amides is 1. The molecule has 1 aliphatic rings. The third-order valence-corrected chi connectivity index (χ3v) is 4.52. The monoisotopic (exact) mass is 340 g/mol. The van der Waals surface area contributed by atoms with E-state index in [9.17, 15) is 4.79 Å². The van der Waals surface area contributed by atoms with E-state index in [1.807, 2.05) is 23.1 Å². The fourth-order valence-electron chi connectivity index (χ4n) is 2.99. The highest BCUT2D eigenvalue weighted by Crippen LogP contribution is 2.26. The molecule has 0 aliphatic carbocycles. The van der Waals surface area contributed by atoms with Gasteiger partial charge in [-0.05, 0) is 29.7 Å². The lowest BCUT2D eigenvalue weighted by Gasteiger charge is -2.35.